The number of furan rings is 1. The standard InChI is InChI=1S/C19H14N4OS/c1-12-15(9-10-24-12)18-20-21-19-23(18)22-17(25-19)11-14-7-4-6-13-5-2-3-8-16(13)14/h2-10H,11H2,1H3. The average Bonchev–Trinajstić information content (AvgIpc) is 3.31. The fraction of sp³-hybridized carbons (Fsp3) is 0.105. The predicted molar refractivity (Wildman–Crippen MR) is 97.9 cm³/mol. The first-order valence-electron chi connectivity index (χ1n) is 8.02. The van der Waals surface area contributed by atoms with E-state index in [-0.39, 0.29) is 0 Å². The summed E-state index contributed by atoms with van der Waals surface area (Å²) in [5, 5.41) is 16.8. The van der Waals surface area contributed by atoms with Gasteiger partial charge in [-0.25, -0.2) is 0 Å². The molecule has 0 aliphatic carbocycles. The quantitative estimate of drug-likeness (QED) is 0.483. The molecule has 0 saturated carbocycles. The molecule has 0 aliphatic heterocycles. The minimum absolute atomic E-state index is 0.724. The van der Waals surface area contributed by atoms with Crippen LogP contribution < -0.4 is 0 Å². The van der Waals surface area contributed by atoms with Gasteiger partial charge >= 0.3 is 0 Å². The molecular weight excluding hydrogens is 332 g/mol. The van der Waals surface area contributed by atoms with Crippen molar-refractivity contribution < 1.29 is 4.42 Å². The lowest BCUT2D eigenvalue weighted by Gasteiger charge is -2.04. The van der Waals surface area contributed by atoms with Crippen LogP contribution in [0.1, 0.15) is 16.3 Å². The third-order valence-corrected chi connectivity index (χ3v) is 5.25. The highest BCUT2D eigenvalue weighted by atomic mass is 32.1. The van der Waals surface area contributed by atoms with Gasteiger partial charge < -0.3 is 4.42 Å². The van der Waals surface area contributed by atoms with Crippen molar-refractivity contribution in [1.82, 2.24) is 19.8 Å². The van der Waals surface area contributed by atoms with E-state index in [0.717, 1.165) is 33.5 Å². The normalized spacial score (nSPS) is 11.6. The zero-order chi connectivity index (χ0) is 16.8. The second-order valence-electron chi connectivity index (χ2n) is 5.92. The van der Waals surface area contributed by atoms with Gasteiger partial charge in [-0.1, -0.05) is 53.8 Å². The van der Waals surface area contributed by atoms with Gasteiger partial charge in [-0.05, 0) is 29.3 Å². The van der Waals surface area contributed by atoms with Crippen LogP contribution in [0.5, 0.6) is 0 Å². The summed E-state index contributed by atoms with van der Waals surface area (Å²) >= 11 is 1.57. The van der Waals surface area contributed by atoms with Crippen LogP contribution in [0.3, 0.4) is 0 Å². The summed E-state index contributed by atoms with van der Waals surface area (Å²) in [6, 6.07) is 16.7. The number of aryl methyl sites for hydroxylation is 1. The molecule has 6 heteroatoms. The molecule has 0 saturated heterocycles. The maximum Gasteiger partial charge on any atom is 0.234 e. The Balaban J connectivity index is 1.58. The maximum atomic E-state index is 5.38. The van der Waals surface area contributed by atoms with E-state index < -0.39 is 0 Å². The maximum absolute atomic E-state index is 5.38. The number of aromatic nitrogens is 4. The number of hydrogen-bond acceptors (Lipinski definition) is 5. The number of benzene rings is 2. The molecule has 0 atom stereocenters. The van der Waals surface area contributed by atoms with E-state index >= 15 is 0 Å². The monoisotopic (exact) mass is 346 g/mol. The molecule has 0 fully saturated rings. The minimum Gasteiger partial charge on any atom is -0.469 e. The van der Waals surface area contributed by atoms with E-state index in [2.05, 4.69) is 52.7 Å². The first-order valence-corrected chi connectivity index (χ1v) is 8.83. The van der Waals surface area contributed by atoms with Crippen LogP contribution in [0.25, 0.3) is 27.1 Å². The minimum atomic E-state index is 0.724. The van der Waals surface area contributed by atoms with Crippen LogP contribution in [0.4, 0.5) is 0 Å². The van der Waals surface area contributed by atoms with Crippen molar-refractivity contribution in [3.63, 3.8) is 0 Å². The highest BCUT2D eigenvalue weighted by molar-refractivity contribution is 7.16. The van der Waals surface area contributed by atoms with Crippen molar-refractivity contribution in [2.45, 2.75) is 13.3 Å². The number of hydrogen-bond donors (Lipinski definition) is 0. The van der Waals surface area contributed by atoms with E-state index in [0.29, 0.717) is 0 Å². The SMILES string of the molecule is Cc1occc1-c1nnc2sc(Cc3cccc4ccccc34)nn12. The van der Waals surface area contributed by atoms with Crippen molar-refractivity contribution >= 4 is 27.1 Å². The predicted octanol–water partition coefficient (Wildman–Crippen LogP) is 4.50. The summed E-state index contributed by atoms with van der Waals surface area (Å²) in [6.07, 6.45) is 2.44. The molecule has 0 spiro atoms. The lowest BCUT2D eigenvalue weighted by Crippen LogP contribution is -1.94. The number of fused-ring (bicyclic) bond motifs is 2. The summed E-state index contributed by atoms with van der Waals surface area (Å²) in [4.78, 5) is 0.797. The van der Waals surface area contributed by atoms with Crippen molar-refractivity contribution in [1.29, 1.82) is 0 Å². The molecule has 5 rings (SSSR count). The number of rotatable bonds is 3. The lowest BCUT2D eigenvalue weighted by molar-refractivity contribution is 0.535. The second kappa shape index (κ2) is 5.53. The molecule has 3 aromatic heterocycles. The molecule has 0 aliphatic rings. The van der Waals surface area contributed by atoms with Crippen LogP contribution >= 0.6 is 11.3 Å². The number of nitrogens with zero attached hydrogens (tertiary/aromatic N) is 4. The van der Waals surface area contributed by atoms with Crippen molar-refractivity contribution in [3.8, 4) is 11.4 Å². The molecular formula is C19H14N4OS. The van der Waals surface area contributed by atoms with Gasteiger partial charge in [0.2, 0.25) is 4.96 Å². The average molecular weight is 346 g/mol. The first kappa shape index (κ1) is 14.4. The Bertz CT molecular complexity index is 1200. The summed E-state index contributed by atoms with van der Waals surface area (Å²) in [5.74, 6) is 1.54. The van der Waals surface area contributed by atoms with Crippen LogP contribution in [0, 0.1) is 6.92 Å². The zero-order valence-electron chi connectivity index (χ0n) is 13.5. The van der Waals surface area contributed by atoms with Gasteiger partial charge in [-0.2, -0.15) is 9.61 Å². The molecule has 25 heavy (non-hydrogen) atoms. The second-order valence-corrected chi connectivity index (χ2v) is 6.96. The van der Waals surface area contributed by atoms with Gasteiger partial charge in [0.15, 0.2) is 5.82 Å². The topological polar surface area (TPSA) is 56.2 Å². The highest BCUT2D eigenvalue weighted by Crippen LogP contribution is 2.27. The molecule has 0 unspecified atom stereocenters. The van der Waals surface area contributed by atoms with Gasteiger partial charge in [0.05, 0.1) is 11.8 Å². The summed E-state index contributed by atoms with van der Waals surface area (Å²) < 4.78 is 7.19. The van der Waals surface area contributed by atoms with Crippen LogP contribution in [0.15, 0.2) is 59.2 Å². The molecule has 0 radical (unpaired) electrons. The molecule has 3 heterocycles. The van der Waals surface area contributed by atoms with E-state index in [4.69, 9.17) is 9.52 Å². The van der Waals surface area contributed by atoms with Crippen molar-refractivity contribution in [2.24, 2.45) is 0 Å². The molecule has 0 amide bonds. The fourth-order valence-corrected chi connectivity index (χ4v) is 3.98. The largest absolute Gasteiger partial charge is 0.469 e. The van der Waals surface area contributed by atoms with Crippen LogP contribution in [-0.4, -0.2) is 19.8 Å². The van der Waals surface area contributed by atoms with E-state index in [1.807, 2.05) is 17.5 Å². The van der Waals surface area contributed by atoms with Crippen molar-refractivity contribution in [3.05, 3.63) is 71.1 Å². The Kier molecular flexibility index (Phi) is 3.18. The van der Waals surface area contributed by atoms with E-state index in [9.17, 15) is 0 Å². The highest BCUT2D eigenvalue weighted by Gasteiger charge is 2.17. The Morgan fingerprint density at radius 3 is 2.80 bits per heavy atom. The van der Waals surface area contributed by atoms with E-state index in [1.54, 1.807) is 17.6 Å². The molecule has 0 N–H and O–H groups in total. The lowest BCUT2D eigenvalue weighted by atomic mass is 10.0. The third kappa shape index (κ3) is 2.34. The Hall–Kier alpha value is -2.99. The van der Waals surface area contributed by atoms with Gasteiger partial charge in [-0.15, -0.1) is 10.2 Å². The van der Waals surface area contributed by atoms with E-state index in [1.165, 1.54) is 16.3 Å². The molecule has 5 nitrogen and oxygen atoms in total. The Morgan fingerprint density at radius 2 is 1.92 bits per heavy atom. The van der Waals surface area contributed by atoms with Gasteiger partial charge in [0.25, 0.3) is 0 Å². The first-order chi connectivity index (χ1) is 12.3. The molecule has 122 valence electrons. The Morgan fingerprint density at radius 1 is 1.04 bits per heavy atom. The molecule has 2 aromatic carbocycles. The zero-order valence-corrected chi connectivity index (χ0v) is 14.3. The van der Waals surface area contributed by atoms with Gasteiger partial charge in [0.1, 0.15) is 10.8 Å². The fourth-order valence-electron chi connectivity index (χ4n) is 3.12. The third-order valence-electron chi connectivity index (χ3n) is 4.35. The smallest absolute Gasteiger partial charge is 0.234 e. The van der Waals surface area contributed by atoms with Crippen LogP contribution in [-0.2, 0) is 6.42 Å². The van der Waals surface area contributed by atoms with Gasteiger partial charge in [-0.3, -0.25) is 0 Å². The summed E-state index contributed by atoms with van der Waals surface area (Å²) in [6.45, 7) is 1.92. The summed E-state index contributed by atoms with van der Waals surface area (Å²) in [7, 11) is 0. The molecule has 0 bridgehead atoms. The van der Waals surface area contributed by atoms with Crippen molar-refractivity contribution in [2.75, 3.05) is 0 Å². The Labute approximate surface area is 147 Å². The molecule has 5 aromatic rings. The van der Waals surface area contributed by atoms with Crippen LogP contribution in [0.2, 0.25) is 0 Å². The summed E-state index contributed by atoms with van der Waals surface area (Å²) in [5.41, 5.74) is 2.19. The van der Waals surface area contributed by atoms with Gasteiger partial charge in [0, 0.05) is 6.42 Å².